The van der Waals surface area contributed by atoms with Gasteiger partial charge in [0.05, 0.1) is 11.9 Å². The van der Waals surface area contributed by atoms with E-state index in [2.05, 4.69) is 29.2 Å². The van der Waals surface area contributed by atoms with Gasteiger partial charge in [-0.25, -0.2) is 4.98 Å². The molecule has 2 aromatic rings. The molecule has 0 bridgehead atoms. The molecule has 0 saturated carbocycles. The van der Waals surface area contributed by atoms with Gasteiger partial charge < -0.3 is 9.88 Å². The molecule has 1 amide bonds. The summed E-state index contributed by atoms with van der Waals surface area (Å²) in [6, 6.07) is -0.0402. The second-order valence-electron chi connectivity index (χ2n) is 5.82. The van der Waals surface area contributed by atoms with E-state index in [-0.39, 0.29) is 23.9 Å². The van der Waals surface area contributed by atoms with E-state index in [1.165, 1.54) is 0 Å². The highest BCUT2D eigenvalue weighted by molar-refractivity contribution is 5.93. The number of hydrogen-bond donors (Lipinski definition) is 1. The van der Waals surface area contributed by atoms with Crippen molar-refractivity contribution >= 4 is 11.6 Å². The first-order valence-corrected chi connectivity index (χ1v) is 7.28. The van der Waals surface area contributed by atoms with Crippen LogP contribution in [0.3, 0.4) is 0 Å². The van der Waals surface area contributed by atoms with Gasteiger partial charge in [-0.3, -0.25) is 9.48 Å². The van der Waals surface area contributed by atoms with Gasteiger partial charge in [0.25, 0.3) is 0 Å². The normalized spacial score (nSPS) is 12.9. The fraction of sp³-hybridized carbons (Fsp3) is 0.533. The van der Waals surface area contributed by atoms with Crippen LogP contribution in [-0.2, 0) is 4.79 Å². The molecule has 0 fully saturated rings. The summed E-state index contributed by atoms with van der Waals surface area (Å²) in [5, 5.41) is 7.12. The van der Waals surface area contributed by atoms with E-state index in [4.69, 9.17) is 0 Å². The highest BCUT2D eigenvalue weighted by Gasteiger charge is 2.19. The largest absolute Gasteiger partial charge is 0.323 e. The zero-order valence-corrected chi connectivity index (χ0v) is 13.2. The lowest BCUT2D eigenvalue weighted by Crippen LogP contribution is -2.24. The first-order chi connectivity index (χ1) is 9.90. The maximum Gasteiger partial charge on any atom is 0.247 e. The van der Waals surface area contributed by atoms with E-state index in [9.17, 15) is 4.79 Å². The van der Waals surface area contributed by atoms with Crippen LogP contribution in [0.25, 0.3) is 0 Å². The second kappa shape index (κ2) is 6.11. The number of carbonyl (C=O) groups is 1. The van der Waals surface area contributed by atoms with Gasteiger partial charge in [-0.05, 0) is 20.8 Å². The van der Waals surface area contributed by atoms with Gasteiger partial charge in [-0.15, -0.1) is 0 Å². The van der Waals surface area contributed by atoms with E-state index >= 15 is 0 Å². The summed E-state index contributed by atoms with van der Waals surface area (Å²) < 4.78 is 3.73. The van der Waals surface area contributed by atoms with Gasteiger partial charge in [-0.1, -0.05) is 13.8 Å². The molecule has 0 saturated heterocycles. The van der Waals surface area contributed by atoms with Crippen LogP contribution < -0.4 is 5.32 Å². The summed E-state index contributed by atoms with van der Waals surface area (Å²) in [6.07, 6.45) is 7.08. The fourth-order valence-corrected chi connectivity index (χ4v) is 2.16. The van der Waals surface area contributed by atoms with Crippen molar-refractivity contribution in [1.29, 1.82) is 0 Å². The average Bonchev–Trinajstić information content (AvgIpc) is 3.06. The minimum atomic E-state index is -0.313. The molecule has 21 heavy (non-hydrogen) atoms. The molecule has 0 spiro atoms. The molecule has 0 aromatic carbocycles. The fourth-order valence-electron chi connectivity index (χ4n) is 2.16. The summed E-state index contributed by atoms with van der Waals surface area (Å²) in [4.78, 5) is 16.7. The molecule has 114 valence electrons. The van der Waals surface area contributed by atoms with E-state index in [1.54, 1.807) is 12.4 Å². The Morgan fingerprint density at radius 1 is 1.24 bits per heavy atom. The number of imidazole rings is 1. The van der Waals surface area contributed by atoms with Crippen molar-refractivity contribution in [2.75, 3.05) is 5.32 Å². The van der Waals surface area contributed by atoms with Crippen LogP contribution in [0.5, 0.6) is 0 Å². The smallest absolute Gasteiger partial charge is 0.247 e. The Kier molecular flexibility index (Phi) is 4.45. The Morgan fingerprint density at radius 2 is 1.95 bits per heavy atom. The van der Waals surface area contributed by atoms with Crippen LogP contribution in [0.4, 0.5) is 5.69 Å². The lowest BCUT2D eigenvalue weighted by atomic mass is 10.2. The third-order valence-electron chi connectivity index (χ3n) is 3.41. The average molecular weight is 289 g/mol. The second-order valence-corrected chi connectivity index (χ2v) is 5.82. The number of carbonyl (C=O) groups excluding carboxylic acids is 1. The number of nitrogens with one attached hydrogen (secondary N) is 1. The van der Waals surface area contributed by atoms with E-state index in [0.29, 0.717) is 5.69 Å². The molecule has 1 atom stereocenters. The molecule has 2 aromatic heterocycles. The van der Waals surface area contributed by atoms with Gasteiger partial charge >= 0.3 is 0 Å². The van der Waals surface area contributed by atoms with Crippen molar-refractivity contribution in [2.24, 2.45) is 0 Å². The summed E-state index contributed by atoms with van der Waals surface area (Å²) >= 11 is 0. The van der Waals surface area contributed by atoms with Gasteiger partial charge in [0.15, 0.2) is 0 Å². The van der Waals surface area contributed by atoms with Crippen LogP contribution in [-0.4, -0.2) is 25.2 Å². The number of aromatic nitrogens is 4. The van der Waals surface area contributed by atoms with Gasteiger partial charge in [0.1, 0.15) is 11.9 Å². The zero-order valence-electron chi connectivity index (χ0n) is 13.2. The Morgan fingerprint density at radius 3 is 2.52 bits per heavy atom. The van der Waals surface area contributed by atoms with Crippen LogP contribution in [0.1, 0.15) is 58.4 Å². The number of anilines is 1. The van der Waals surface area contributed by atoms with E-state index in [1.807, 2.05) is 42.4 Å². The third-order valence-corrected chi connectivity index (χ3v) is 3.41. The standard InChI is InChI=1S/C15H23N5O/c1-10(2)14-16-6-7-19(14)12(5)15(21)18-13-8-17-20(9-13)11(3)4/h6-12H,1-5H3,(H,18,21). The molecule has 2 rings (SSSR count). The zero-order chi connectivity index (χ0) is 15.6. The first-order valence-electron chi connectivity index (χ1n) is 7.28. The monoisotopic (exact) mass is 289 g/mol. The minimum absolute atomic E-state index is 0.0711. The molecule has 6 nitrogen and oxygen atoms in total. The van der Waals surface area contributed by atoms with Crippen LogP contribution in [0.15, 0.2) is 24.8 Å². The van der Waals surface area contributed by atoms with Gasteiger partial charge in [0, 0.05) is 30.6 Å². The van der Waals surface area contributed by atoms with Crippen LogP contribution in [0.2, 0.25) is 0 Å². The number of rotatable bonds is 5. The first kappa shape index (κ1) is 15.3. The number of hydrogen-bond acceptors (Lipinski definition) is 3. The number of amides is 1. The third kappa shape index (κ3) is 3.32. The molecule has 1 N–H and O–H groups in total. The number of nitrogens with zero attached hydrogens (tertiary/aromatic N) is 4. The molecule has 2 heterocycles. The topological polar surface area (TPSA) is 64.7 Å². The Bertz CT molecular complexity index is 611. The summed E-state index contributed by atoms with van der Waals surface area (Å²) in [5.41, 5.74) is 0.715. The highest BCUT2D eigenvalue weighted by atomic mass is 16.2. The Labute approximate surface area is 125 Å². The van der Waals surface area contributed by atoms with Crippen LogP contribution in [0, 0.1) is 0 Å². The molecule has 6 heteroatoms. The van der Waals surface area contributed by atoms with Gasteiger partial charge in [-0.2, -0.15) is 5.10 Å². The molecule has 0 aliphatic heterocycles. The molecular weight excluding hydrogens is 266 g/mol. The summed E-state index contributed by atoms with van der Waals surface area (Å²) in [5.74, 6) is 1.12. The molecular formula is C15H23N5O. The van der Waals surface area contributed by atoms with E-state index < -0.39 is 0 Å². The van der Waals surface area contributed by atoms with Crippen molar-refractivity contribution in [3.05, 3.63) is 30.6 Å². The minimum Gasteiger partial charge on any atom is -0.323 e. The maximum atomic E-state index is 12.4. The highest BCUT2D eigenvalue weighted by Crippen LogP contribution is 2.19. The van der Waals surface area contributed by atoms with Crippen molar-refractivity contribution < 1.29 is 4.79 Å². The molecule has 0 aliphatic rings. The van der Waals surface area contributed by atoms with Crippen molar-refractivity contribution in [3.63, 3.8) is 0 Å². The maximum absolute atomic E-state index is 12.4. The van der Waals surface area contributed by atoms with Crippen molar-refractivity contribution in [3.8, 4) is 0 Å². The van der Waals surface area contributed by atoms with Gasteiger partial charge in [0.2, 0.25) is 5.91 Å². The predicted molar refractivity (Wildman–Crippen MR) is 82.3 cm³/mol. The summed E-state index contributed by atoms with van der Waals surface area (Å²) in [7, 11) is 0. The Hall–Kier alpha value is -2.11. The SMILES string of the molecule is CC(C)c1nccn1C(C)C(=O)Nc1cnn(C(C)C)c1. The predicted octanol–water partition coefficient (Wildman–Crippen LogP) is 2.98. The summed E-state index contributed by atoms with van der Waals surface area (Å²) in [6.45, 7) is 10.1. The molecule has 0 radical (unpaired) electrons. The lowest BCUT2D eigenvalue weighted by molar-refractivity contribution is -0.118. The van der Waals surface area contributed by atoms with Crippen LogP contribution >= 0.6 is 0 Å². The lowest BCUT2D eigenvalue weighted by Gasteiger charge is -2.17. The van der Waals surface area contributed by atoms with Crippen molar-refractivity contribution in [2.45, 2.75) is 52.6 Å². The quantitative estimate of drug-likeness (QED) is 0.920. The van der Waals surface area contributed by atoms with Crippen molar-refractivity contribution in [1.82, 2.24) is 19.3 Å². The molecule has 0 aliphatic carbocycles. The molecule has 1 unspecified atom stereocenters. The Balaban J connectivity index is 2.10. The van der Waals surface area contributed by atoms with E-state index in [0.717, 1.165) is 5.82 Å².